The number of rotatable bonds is 4. The van der Waals surface area contributed by atoms with Crippen LogP contribution in [0.1, 0.15) is 52.9 Å². The van der Waals surface area contributed by atoms with Crippen molar-refractivity contribution >= 4 is 0 Å². The van der Waals surface area contributed by atoms with Crippen molar-refractivity contribution in [3.63, 3.8) is 0 Å². The Labute approximate surface area is 87.7 Å². The number of aliphatic hydroxyl groups excluding tert-OH is 1. The average Bonchev–Trinajstić information content (AvgIpc) is 2.49. The minimum atomic E-state index is -0.154. The lowest BCUT2D eigenvalue weighted by Crippen LogP contribution is -2.19. The van der Waals surface area contributed by atoms with Gasteiger partial charge < -0.3 is 9.84 Å². The molecular formula is C12H24O2. The molecular weight excluding hydrogens is 176 g/mol. The number of aliphatic hydroxyl groups is 1. The first-order valence-electron chi connectivity index (χ1n) is 5.77. The van der Waals surface area contributed by atoms with Crippen LogP contribution in [0.25, 0.3) is 0 Å². The normalized spacial score (nSPS) is 25.3. The lowest BCUT2D eigenvalue weighted by molar-refractivity contribution is 0.0669. The SMILES string of the molecule is CC(C)(C)CC(O)CCC1CCCO1. The first-order valence-corrected chi connectivity index (χ1v) is 5.77. The smallest absolute Gasteiger partial charge is 0.0577 e. The van der Waals surface area contributed by atoms with Crippen LogP contribution in [0, 0.1) is 5.41 Å². The van der Waals surface area contributed by atoms with E-state index in [0.717, 1.165) is 25.9 Å². The van der Waals surface area contributed by atoms with Crippen molar-refractivity contribution in [3.8, 4) is 0 Å². The van der Waals surface area contributed by atoms with Crippen LogP contribution < -0.4 is 0 Å². The van der Waals surface area contributed by atoms with Crippen LogP contribution in [0.15, 0.2) is 0 Å². The van der Waals surface area contributed by atoms with E-state index in [2.05, 4.69) is 20.8 Å². The zero-order chi connectivity index (χ0) is 10.6. The molecule has 1 aliphatic rings. The zero-order valence-corrected chi connectivity index (χ0v) is 9.75. The van der Waals surface area contributed by atoms with Gasteiger partial charge in [-0.2, -0.15) is 0 Å². The van der Waals surface area contributed by atoms with Crippen molar-refractivity contribution in [1.29, 1.82) is 0 Å². The van der Waals surface area contributed by atoms with Crippen molar-refractivity contribution in [2.45, 2.75) is 65.1 Å². The molecule has 1 rings (SSSR count). The summed E-state index contributed by atoms with van der Waals surface area (Å²) in [7, 11) is 0. The Bertz CT molecular complexity index is 154. The van der Waals surface area contributed by atoms with E-state index in [0.29, 0.717) is 6.10 Å². The number of hydrogen-bond donors (Lipinski definition) is 1. The summed E-state index contributed by atoms with van der Waals surface area (Å²) in [5.41, 5.74) is 0.232. The molecule has 1 N–H and O–H groups in total. The monoisotopic (exact) mass is 200 g/mol. The van der Waals surface area contributed by atoms with E-state index in [1.807, 2.05) is 0 Å². The summed E-state index contributed by atoms with van der Waals surface area (Å²) in [6.07, 6.45) is 5.45. The molecule has 0 spiro atoms. The minimum absolute atomic E-state index is 0.154. The Morgan fingerprint density at radius 1 is 1.43 bits per heavy atom. The Balaban J connectivity index is 2.11. The van der Waals surface area contributed by atoms with Gasteiger partial charge in [0.2, 0.25) is 0 Å². The van der Waals surface area contributed by atoms with Crippen LogP contribution in [0.5, 0.6) is 0 Å². The van der Waals surface area contributed by atoms with Gasteiger partial charge in [0.05, 0.1) is 12.2 Å². The van der Waals surface area contributed by atoms with Gasteiger partial charge >= 0.3 is 0 Å². The fraction of sp³-hybridized carbons (Fsp3) is 1.00. The standard InChI is InChI=1S/C12H24O2/c1-12(2,3)9-10(13)6-7-11-5-4-8-14-11/h10-11,13H,4-9H2,1-3H3. The van der Waals surface area contributed by atoms with E-state index in [1.165, 1.54) is 12.8 Å². The van der Waals surface area contributed by atoms with Crippen molar-refractivity contribution in [3.05, 3.63) is 0 Å². The third kappa shape index (κ3) is 4.97. The molecule has 0 radical (unpaired) electrons. The number of ether oxygens (including phenoxy) is 1. The van der Waals surface area contributed by atoms with E-state index < -0.39 is 0 Å². The van der Waals surface area contributed by atoms with E-state index in [1.54, 1.807) is 0 Å². The van der Waals surface area contributed by atoms with Crippen LogP contribution in [-0.2, 0) is 4.74 Å². The molecule has 0 aliphatic carbocycles. The maximum absolute atomic E-state index is 9.79. The van der Waals surface area contributed by atoms with Crippen molar-refractivity contribution in [2.24, 2.45) is 5.41 Å². The first kappa shape index (κ1) is 12.0. The molecule has 84 valence electrons. The van der Waals surface area contributed by atoms with Gasteiger partial charge in [-0.25, -0.2) is 0 Å². The molecule has 0 bridgehead atoms. The van der Waals surface area contributed by atoms with Crippen LogP contribution >= 0.6 is 0 Å². The van der Waals surface area contributed by atoms with Gasteiger partial charge in [-0.1, -0.05) is 20.8 Å². The highest BCUT2D eigenvalue weighted by Gasteiger charge is 2.20. The summed E-state index contributed by atoms with van der Waals surface area (Å²) >= 11 is 0. The second kappa shape index (κ2) is 5.13. The molecule has 1 saturated heterocycles. The van der Waals surface area contributed by atoms with Gasteiger partial charge in [0.25, 0.3) is 0 Å². The Morgan fingerprint density at radius 2 is 2.14 bits per heavy atom. The average molecular weight is 200 g/mol. The minimum Gasteiger partial charge on any atom is -0.393 e. The van der Waals surface area contributed by atoms with Gasteiger partial charge in [-0.05, 0) is 37.5 Å². The topological polar surface area (TPSA) is 29.5 Å². The first-order chi connectivity index (χ1) is 6.47. The van der Waals surface area contributed by atoms with Crippen LogP contribution in [-0.4, -0.2) is 23.9 Å². The molecule has 1 fully saturated rings. The van der Waals surface area contributed by atoms with Gasteiger partial charge in [-0.15, -0.1) is 0 Å². The van der Waals surface area contributed by atoms with E-state index >= 15 is 0 Å². The Hall–Kier alpha value is -0.0800. The van der Waals surface area contributed by atoms with Gasteiger partial charge in [0, 0.05) is 6.61 Å². The predicted molar refractivity (Wildman–Crippen MR) is 58.3 cm³/mol. The molecule has 2 atom stereocenters. The van der Waals surface area contributed by atoms with Gasteiger partial charge in [0.1, 0.15) is 0 Å². The quantitative estimate of drug-likeness (QED) is 0.756. The molecule has 1 heterocycles. The lowest BCUT2D eigenvalue weighted by atomic mass is 9.87. The summed E-state index contributed by atoms with van der Waals surface area (Å²) in [4.78, 5) is 0. The fourth-order valence-electron chi connectivity index (χ4n) is 2.06. The summed E-state index contributed by atoms with van der Waals surface area (Å²) in [5, 5.41) is 9.79. The molecule has 0 aromatic rings. The molecule has 14 heavy (non-hydrogen) atoms. The molecule has 0 aromatic carbocycles. The molecule has 0 amide bonds. The largest absolute Gasteiger partial charge is 0.393 e. The summed E-state index contributed by atoms with van der Waals surface area (Å²) < 4.78 is 5.52. The van der Waals surface area contributed by atoms with E-state index in [-0.39, 0.29) is 11.5 Å². The Kier molecular flexibility index (Phi) is 4.39. The van der Waals surface area contributed by atoms with E-state index in [9.17, 15) is 5.11 Å². The maximum atomic E-state index is 9.79. The van der Waals surface area contributed by atoms with Crippen molar-refractivity contribution in [2.75, 3.05) is 6.61 Å². The van der Waals surface area contributed by atoms with Crippen LogP contribution in [0.3, 0.4) is 0 Å². The second-order valence-corrected chi connectivity index (χ2v) is 5.63. The van der Waals surface area contributed by atoms with Gasteiger partial charge in [0.15, 0.2) is 0 Å². The van der Waals surface area contributed by atoms with Crippen molar-refractivity contribution < 1.29 is 9.84 Å². The molecule has 0 saturated carbocycles. The fourth-order valence-corrected chi connectivity index (χ4v) is 2.06. The summed E-state index contributed by atoms with van der Waals surface area (Å²) in [5.74, 6) is 0. The Morgan fingerprint density at radius 3 is 2.64 bits per heavy atom. The summed E-state index contributed by atoms with van der Waals surface area (Å²) in [6.45, 7) is 7.42. The van der Waals surface area contributed by atoms with Crippen LogP contribution in [0.4, 0.5) is 0 Å². The molecule has 2 heteroatoms. The number of hydrogen-bond acceptors (Lipinski definition) is 2. The zero-order valence-electron chi connectivity index (χ0n) is 9.75. The highest BCUT2D eigenvalue weighted by atomic mass is 16.5. The molecule has 2 unspecified atom stereocenters. The molecule has 2 nitrogen and oxygen atoms in total. The van der Waals surface area contributed by atoms with E-state index in [4.69, 9.17) is 4.74 Å². The molecule has 0 aromatic heterocycles. The van der Waals surface area contributed by atoms with Crippen LogP contribution in [0.2, 0.25) is 0 Å². The maximum Gasteiger partial charge on any atom is 0.0577 e. The third-order valence-corrected chi connectivity index (χ3v) is 2.69. The summed E-state index contributed by atoms with van der Waals surface area (Å²) in [6, 6.07) is 0. The highest BCUT2D eigenvalue weighted by Crippen LogP contribution is 2.24. The van der Waals surface area contributed by atoms with Crippen molar-refractivity contribution in [1.82, 2.24) is 0 Å². The lowest BCUT2D eigenvalue weighted by Gasteiger charge is -2.23. The highest BCUT2D eigenvalue weighted by molar-refractivity contribution is 4.71. The molecule has 1 aliphatic heterocycles. The second-order valence-electron chi connectivity index (χ2n) is 5.63. The van der Waals surface area contributed by atoms with Gasteiger partial charge in [-0.3, -0.25) is 0 Å². The third-order valence-electron chi connectivity index (χ3n) is 2.69. The predicted octanol–water partition coefficient (Wildman–Crippen LogP) is 2.74.